The molecule has 1 heterocycles. The number of nitrogens with zero attached hydrogens (tertiary/aromatic N) is 2. The molecule has 1 aliphatic rings. The van der Waals surface area contributed by atoms with Gasteiger partial charge in [-0.25, -0.2) is 4.98 Å². The van der Waals surface area contributed by atoms with Crippen LogP contribution in [0, 0.1) is 6.92 Å². The number of carbonyl (C=O) groups is 2. The number of H-pyrrole nitrogens is 1. The number of carbonyl (C=O) groups excluding carboxylic acids is 2. The van der Waals surface area contributed by atoms with Gasteiger partial charge in [-0.1, -0.05) is 31.7 Å². The van der Waals surface area contributed by atoms with Crippen molar-refractivity contribution in [3.8, 4) is 0 Å². The van der Waals surface area contributed by atoms with Crippen LogP contribution in [0.25, 0.3) is 11.0 Å². The molecule has 27 heavy (non-hydrogen) atoms. The second-order valence-corrected chi connectivity index (χ2v) is 7.71. The number of fused-ring (bicyclic) bond motifs is 1. The largest absolute Gasteiger partial charge is 0.353 e. The third-order valence-electron chi connectivity index (χ3n) is 5.29. The molecule has 146 valence electrons. The molecule has 2 N–H and O–H groups in total. The number of nitrogens with one attached hydrogen (secondary N) is 2. The van der Waals surface area contributed by atoms with Crippen molar-refractivity contribution in [3.63, 3.8) is 0 Å². The Morgan fingerprint density at radius 1 is 1.19 bits per heavy atom. The lowest BCUT2D eigenvalue weighted by Crippen LogP contribution is -2.35. The highest BCUT2D eigenvalue weighted by Gasteiger charge is 2.17. The summed E-state index contributed by atoms with van der Waals surface area (Å²) >= 11 is 0. The van der Waals surface area contributed by atoms with Gasteiger partial charge in [-0.15, -0.1) is 0 Å². The van der Waals surface area contributed by atoms with Crippen molar-refractivity contribution in [1.82, 2.24) is 20.2 Å². The number of imidazole rings is 1. The minimum Gasteiger partial charge on any atom is -0.353 e. The first kappa shape index (κ1) is 19.4. The van der Waals surface area contributed by atoms with Gasteiger partial charge in [0.05, 0.1) is 17.6 Å². The van der Waals surface area contributed by atoms with Gasteiger partial charge >= 0.3 is 0 Å². The summed E-state index contributed by atoms with van der Waals surface area (Å²) in [6, 6.07) is 6.33. The second kappa shape index (κ2) is 9.02. The van der Waals surface area contributed by atoms with Gasteiger partial charge in [-0.2, -0.15) is 0 Å². The SMILES string of the molecule is Cc1ccc2nc(CN(C)C(=O)CCC(=O)NC3CCCCCC3)[nH]c2c1. The first-order valence-corrected chi connectivity index (χ1v) is 10.00. The van der Waals surface area contributed by atoms with Crippen LogP contribution in [0.3, 0.4) is 0 Å². The van der Waals surface area contributed by atoms with E-state index in [1.165, 1.54) is 31.2 Å². The van der Waals surface area contributed by atoms with E-state index < -0.39 is 0 Å². The molecule has 6 heteroatoms. The van der Waals surface area contributed by atoms with E-state index in [0.29, 0.717) is 6.54 Å². The first-order chi connectivity index (χ1) is 13.0. The van der Waals surface area contributed by atoms with Gasteiger partial charge in [0.1, 0.15) is 5.82 Å². The monoisotopic (exact) mass is 370 g/mol. The van der Waals surface area contributed by atoms with Crippen molar-refractivity contribution >= 4 is 22.8 Å². The van der Waals surface area contributed by atoms with Crippen LogP contribution in [0.15, 0.2) is 18.2 Å². The van der Waals surface area contributed by atoms with Crippen LogP contribution >= 0.6 is 0 Å². The maximum atomic E-state index is 12.4. The molecular weight excluding hydrogens is 340 g/mol. The molecule has 1 aromatic heterocycles. The number of hydrogen-bond donors (Lipinski definition) is 2. The lowest BCUT2D eigenvalue weighted by molar-refractivity contribution is -0.133. The zero-order valence-electron chi connectivity index (χ0n) is 16.4. The average Bonchev–Trinajstić information content (AvgIpc) is 2.84. The molecule has 1 aliphatic carbocycles. The van der Waals surface area contributed by atoms with Crippen molar-refractivity contribution in [3.05, 3.63) is 29.6 Å². The molecule has 1 aromatic carbocycles. The van der Waals surface area contributed by atoms with E-state index in [1.807, 2.05) is 25.1 Å². The van der Waals surface area contributed by atoms with E-state index in [2.05, 4.69) is 15.3 Å². The number of aryl methyl sites for hydroxylation is 1. The molecule has 3 rings (SSSR count). The standard InChI is InChI=1S/C21H30N4O2/c1-15-9-10-17-18(13-15)24-19(23-17)14-25(2)21(27)12-11-20(26)22-16-7-5-3-4-6-8-16/h9-10,13,16H,3-8,11-12,14H2,1-2H3,(H,22,26)(H,23,24). The van der Waals surface area contributed by atoms with Crippen LogP contribution in [0.1, 0.15) is 62.8 Å². The number of hydrogen-bond acceptors (Lipinski definition) is 3. The van der Waals surface area contributed by atoms with Crippen LogP contribution < -0.4 is 5.32 Å². The third kappa shape index (κ3) is 5.55. The lowest BCUT2D eigenvalue weighted by atomic mass is 10.1. The third-order valence-corrected chi connectivity index (χ3v) is 5.29. The van der Waals surface area contributed by atoms with E-state index in [9.17, 15) is 9.59 Å². The maximum Gasteiger partial charge on any atom is 0.223 e. The van der Waals surface area contributed by atoms with Gasteiger partial charge in [0.15, 0.2) is 0 Å². The number of amides is 2. The molecule has 1 fully saturated rings. The maximum absolute atomic E-state index is 12.4. The molecule has 2 aromatic rings. The topological polar surface area (TPSA) is 78.1 Å². The molecule has 0 saturated heterocycles. The fraction of sp³-hybridized carbons (Fsp3) is 0.571. The normalized spacial score (nSPS) is 15.5. The first-order valence-electron chi connectivity index (χ1n) is 10.00. The highest BCUT2D eigenvalue weighted by Crippen LogP contribution is 2.17. The summed E-state index contributed by atoms with van der Waals surface area (Å²) < 4.78 is 0. The predicted octanol–water partition coefficient (Wildman–Crippen LogP) is 3.45. The van der Waals surface area contributed by atoms with E-state index in [1.54, 1.807) is 11.9 Å². The molecule has 6 nitrogen and oxygen atoms in total. The van der Waals surface area contributed by atoms with Crippen LogP contribution in [0.2, 0.25) is 0 Å². The van der Waals surface area contributed by atoms with Crippen molar-refractivity contribution in [2.75, 3.05) is 7.05 Å². The number of aromatic nitrogens is 2. The van der Waals surface area contributed by atoms with E-state index in [0.717, 1.165) is 29.7 Å². The van der Waals surface area contributed by atoms with E-state index in [4.69, 9.17) is 0 Å². The van der Waals surface area contributed by atoms with Gasteiger partial charge in [0.2, 0.25) is 11.8 Å². The Labute approximate surface area is 160 Å². The van der Waals surface area contributed by atoms with Crippen LogP contribution in [-0.4, -0.2) is 39.8 Å². The zero-order chi connectivity index (χ0) is 19.2. The average molecular weight is 370 g/mol. The second-order valence-electron chi connectivity index (χ2n) is 7.71. The summed E-state index contributed by atoms with van der Waals surface area (Å²) in [4.78, 5) is 34.0. The Bertz CT molecular complexity index is 791. The summed E-state index contributed by atoms with van der Waals surface area (Å²) in [5.41, 5.74) is 3.05. The summed E-state index contributed by atoms with van der Waals surface area (Å²) in [6.45, 7) is 2.45. The number of benzene rings is 1. The lowest BCUT2D eigenvalue weighted by Gasteiger charge is -2.18. The van der Waals surface area contributed by atoms with Crippen LogP contribution in [0.4, 0.5) is 0 Å². The minimum atomic E-state index is -0.0392. The molecule has 0 atom stereocenters. The van der Waals surface area contributed by atoms with Crippen molar-refractivity contribution in [2.24, 2.45) is 0 Å². The highest BCUT2D eigenvalue weighted by molar-refractivity contribution is 5.83. The van der Waals surface area contributed by atoms with Gasteiger partial charge in [0.25, 0.3) is 0 Å². The van der Waals surface area contributed by atoms with Gasteiger partial charge < -0.3 is 15.2 Å². The molecule has 0 bridgehead atoms. The Morgan fingerprint density at radius 3 is 2.67 bits per heavy atom. The zero-order valence-corrected chi connectivity index (χ0v) is 16.4. The summed E-state index contributed by atoms with van der Waals surface area (Å²) in [7, 11) is 1.75. The van der Waals surface area contributed by atoms with Crippen molar-refractivity contribution < 1.29 is 9.59 Å². The number of aromatic amines is 1. The van der Waals surface area contributed by atoms with Gasteiger partial charge in [-0.05, 0) is 37.5 Å². The molecule has 0 aliphatic heterocycles. The molecular formula is C21H30N4O2. The summed E-state index contributed by atoms with van der Waals surface area (Å²) in [5.74, 6) is 0.708. The molecule has 0 spiro atoms. The molecule has 1 saturated carbocycles. The van der Waals surface area contributed by atoms with Crippen LogP contribution in [-0.2, 0) is 16.1 Å². The predicted molar refractivity (Wildman–Crippen MR) is 106 cm³/mol. The Balaban J connectivity index is 1.45. The van der Waals surface area contributed by atoms with Crippen molar-refractivity contribution in [2.45, 2.75) is 70.9 Å². The fourth-order valence-electron chi connectivity index (χ4n) is 3.70. The van der Waals surface area contributed by atoms with Crippen LogP contribution in [0.5, 0.6) is 0 Å². The Kier molecular flexibility index (Phi) is 6.48. The fourth-order valence-corrected chi connectivity index (χ4v) is 3.70. The van der Waals surface area contributed by atoms with Gasteiger partial charge in [0, 0.05) is 25.9 Å². The Hall–Kier alpha value is -2.37. The number of rotatable bonds is 6. The quantitative estimate of drug-likeness (QED) is 0.765. The van der Waals surface area contributed by atoms with E-state index in [-0.39, 0.29) is 30.7 Å². The smallest absolute Gasteiger partial charge is 0.223 e. The molecule has 0 radical (unpaired) electrons. The minimum absolute atomic E-state index is 0.0112. The summed E-state index contributed by atoms with van der Waals surface area (Å²) in [5, 5.41) is 3.10. The van der Waals surface area contributed by atoms with Crippen molar-refractivity contribution in [1.29, 1.82) is 0 Å². The van der Waals surface area contributed by atoms with E-state index >= 15 is 0 Å². The Morgan fingerprint density at radius 2 is 1.93 bits per heavy atom. The highest BCUT2D eigenvalue weighted by atomic mass is 16.2. The molecule has 0 unspecified atom stereocenters. The van der Waals surface area contributed by atoms with Gasteiger partial charge in [-0.3, -0.25) is 9.59 Å². The summed E-state index contributed by atoms with van der Waals surface area (Å²) in [6.07, 6.45) is 7.49. The molecule has 2 amide bonds.